The number of nitro benzene ring substituents is 1. The van der Waals surface area contributed by atoms with Crippen LogP contribution in [0.3, 0.4) is 0 Å². The summed E-state index contributed by atoms with van der Waals surface area (Å²) in [6.07, 6.45) is 0. The van der Waals surface area contributed by atoms with Crippen LogP contribution in [0.25, 0.3) is 0 Å². The highest BCUT2D eigenvalue weighted by Crippen LogP contribution is 2.25. The van der Waals surface area contributed by atoms with Crippen molar-refractivity contribution in [3.63, 3.8) is 0 Å². The second-order valence-corrected chi connectivity index (χ2v) is 4.85. The summed E-state index contributed by atoms with van der Waals surface area (Å²) < 4.78 is 0. The molecule has 20 heavy (non-hydrogen) atoms. The van der Waals surface area contributed by atoms with Gasteiger partial charge in [-0.15, -0.1) is 11.3 Å². The summed E-state index contributed by atoms with van der Waals surface area (Å²) in [5, 5.41) is 18.5. The molecule has 0 saturated heterocycles. The molecule has 1 aromatic heterocycles. The summed E-state index contributed by atoms with van der Waals surface area (Å²) in [6, 6.07) is 4.15. The van der Waals surface area contributed by atoms with Gasteiger partial charge in [-0.1, -0.05) is 0 Å². The monoisotopic (exact) mass is 292 g/mol. The largest absolute Gasteiger partial charge is 0.383 e. The molecule has 2 N–H and O–H groups in total. The fourth-order valence-corrected chi connectivity index (χ4v) is 2.30. The van der Waals surface area contributed by atoms with Crippen LogP contribution in [-0.4, -0.2) is 22.9 Å². The van der Waals surface area contributed by atoms with E-state index in [0.717, 1.165) is 5.69 Å². The molecular weight excluding hydrogens is 280 g/mol. The molecule has 0 radical (unpaired) electrons. The maximum absolute atomic E-state index is 12.0. The third-order valence-electron chi connectivity index (χ3n) is 2.56. The first-order valence-electron chi connectivity index (χ1n) is 5.71. The number of rotatable bonds is 4. The number of amides is 1. The number of carbonyl (C=O) groups is 1. The summed E-state index contributed by atoms with van der Waals surface area (Å²) in [5.74, 6) is -0.356. The van der Waals surface area contributed by atoms with E-state index in [1.54, 1.807) is 7.05 Å². The number of nitro groups is 1. The molecule has 0 bridgehead atoms. The Labute approximate surface area is 118 Å². The molecular formula is C12H12N4O3S. The minimum absolute atomic E-state index is 0.0749. The molecule has 2 aromatic rings. The minimum atomic E-state index is -0.502. The highest BCUT2D eigenvalue weighted by Gasteiger charge is 2.16. The van der Waals surface area contributed by atoms with Crippen molar-refractivity contribution in [3.05, 3.63) is 45.0 Å². The number of aromatic nitrogens is 1. The fourth-order valence-electron chi connectivity index (χ4n) is 1.62. The SMILES string of the molecule is CNc1cc(C(=O)Nc2nc(C)cs2)ccc1[N+](=O)[O-]. The molecule has 0 aliphatic heterocycles. The zero-order chi connectivity index (χ0) is 14.7. The second kappa shape index (κ2) is 5.66. The van der Waals surface area contributed by atoms with Gasteiger partial charge >= 0.3 is 0 Å². The summed E-state index contributed by atoms with van der Waals surface area (Å²) in [4.78, 5) is 26.5. The molecule has 8 heteroatoms. The van der Waals surface area contributed by atoms with Gasteiger partial charge in [0, 0.05) is 24.1 Å². The predicted molar refractivity (Wildman–Crippen MR) is 77.4 cm³/mol. The molecule has 0 aliphatic rings. The van der Waals surface area contributed by atoms with Crippen molar-refractivity contribution >= 4 is 33.8 Å². The average Bonchev–Trinajstić information content (AvgIpc) is 2.83. The van der Waals surface area contributed by atoms with Gasteiger partial charge in [0.05, 0.1) is 10.6 Å². The second-order valence-electron chi connectivity index (χ2n) is 3.99. The highest BCUT2D eigenvalue weighted by molar-refractivity contribution is 7.13. The standard InChI is InChI=1S/C12H12N4O3S/c1-7-6-20-12(14-7)15-11(17)8-3-4-10(16(18)19)9(5-8)13-2/h3-6,13H,1-2H3,(H,14,15,17). The molecule has 1 aromatic carbocycles. The fraction of sp³-hybridized carbons (Fsp3) is 0.167. The van der Waals surface area contributed by atoms with Gasteiger partial charge in [0.25, 0.3) is 11.6 Å². The Morgan fingerprint density at radius 2 is 2.20 bits per heavy atom. The number of thiazole rings is 1. The summed E-state index contributed by atoms with van der Waals surface area (Å²) in [5.41, 5.74) is 1.37. The molecule has 0 unspecified atom stereocenters. The van der Waals surface area contributed by atoms with E-state index in [9.17, 15) is 14.9 Å². The lowest BCUT2D eigenvalue weighted by atomic mass is 10.1. The van der Waals surface area contributed by atoms with Crippen molar-refractivity contribution in [2.75, 3.05) is 17.7 Å². The van der Waals surface area contributed by atoms with E-state index in [1.165, 1.54) is 29.5 Å². The molecule has 1 heterocycles. The lowest BCUT2D eigenvalue weighted by Gasteiger charge is -2.05. The van der Waals surface area contributed by atoms with Crippen LogP contribution in [-0.2, 0) is 0 Å². The highest BCUT2D eigenvalue weighted by atomic mass is 32.1. The zero-order valence-electron chi connectivity index (χ0n) is 10.8. The maximum atomic E-state index is 12.0. The Morgan fingerprint density at radius 3 is 2.75 bits per heavy atom. The van der Waals surface area contributed by atoms with Crippen molar-refractivity contribution in [1.82, 2.24) is 4.98 Å². The molecule has 104 valence electrons. The van der Waals surface area contributed by atoms with E-state index >= 15 is 0 Å². The van der Waals surface area contributed by atoms with Gasteiger partial charge in [0.15, 0.2) is 5.13 Å². The smallest absolute Gasteiger partial charge is 0.292 e. The van der Waals surface area contributed by atoms with Crippen molar-refractivity contribution in [3.8, 4) is 0 Å². The van der Waals surface area contributed by atoms with Crippen LogP contribution in [0.1, 0.15) is 16.1 Å². The van der Waals surface area contributed by atoms with Crippen LogP contribution < -0.4 is 10.6 Å². The van der Waals surface area contributed by atoms with Crippen molar-refractivity contribution in [2.24, 2.45) is 0 Å². The average molecular weight is 292 g/mol. The number of anilines is 2. The number of nitrogens with zero attached hydrogens (tertiary/aromatic N) is 2. The van der Waals surface area contributed by atoms with Crippen molar-refractivity contribution < 1.29 is 9.72 Å². The Morgan fingerprint density at radius 1 is 1.45 bits per heavy atom. The molecule has 0 atom stereocenters. The molecule has 0 saturated carbocycles. The first-order valence-corrected chi connectivity index (χ1v) is 6.59. The van der Waals surface area contributed by atoms with E-state index in [0.29, 0.717) is 10.7 Å². The van der Waals surface area contributed by atoms with Gasteiger partial charge in [-0.2, -0.15) is 0 Å². The quantitative estimate of drug-likeness (QED) is 0.667. The summed E-state index contributed by atoms with van der Waals surface area (Å²) in [7, 11) is 1.56. The Bertz CT molecular complexity index is 668. The van der Waals surface area contributed by atoms with Crippen LogP contribution in [0.5, 0.6) is 0 Å². The predicted octanol–water partition coefficient (Wildman–Crippen LogP) is 2.65. The molecule has 2 rings (SSSR count). The number of benzene rings is 1. The Balaban J connectivity index is 2.24. The molecule has 1 amide bonds. The summed E-state index contributed by atoms with van der Waals surface area (Å²) >= 11 is 1.32. The normalized spacial score (nSPS) is 10.1. The first kappa shape index (κ1) is 13.9. The van der Waals surface area contributed by atoms with E-state index in [2.05, 4.69) is 15.6 Å². The van der Waals surface area contributed by atoms with E-state index in [-0.39, 0.29) is 17.3 Å². The van der Waals surface area contributed by atoms with Gasteiger partial charge in [0.1, 0.15) is 5.69 Å². The van der Waals surface area contributed by atoms with Gasteiger partial charge in [-0.05, 0) is 19.1 Å². The third kappa shape index (κ3) is 2.91. The third-order valence-corrected chi connectivity index (χ3v) is 3.44. The van der Waals surface area contributed by atoms with Crippen molar-refractivity contribution in [1.29, 1.82) is 0 Å². The molecule has 7 nitrogen and oxygen atoms in total. The van der Waals surface area contributed by atoms with Crippen molar-refractivity contribution in [2.45, 2.75) is 6.92 Å². The molecule has 0 aliphatic carbocycles. The van der Waals surface area contributed by atoms with Crippen LogP contribution in [0, 0.1) is 17.0 Å². The molecule has 0 fully saturated rings. The number of hydrogen-bond donors (Lipinski definition) is 2. The maximum Gasteiger partial charge on any atom is 0.292 e. The van der Waals surface area contributed by atoms with Gasteiger partial charge in [0.2, 0.25) is 0 Å². The topological polar surface area (TPSA) is 97.2 Å². The van der Waals surface area contributed by atoms with Gasteiger partial charge in [-0.3, -0.25) is 20.2 Å². The Kier molecular flexibility index (Phi) is 3.94. The number of aryl methyl sites for hydroxylation is 1. The van der Waals surface area contributed by atoms with Gasteiger partial charge < -0.3 is 5.32 Å². The van der Waals surface area contributed by atoms with Crippen LogP contribution in [0.15, 0.2) is 23.6 Å². The van der Waals surface area contributed by atoms with Crippen LogP contribution >= 0.6 is 11.3 Å². The van der Waals surface area contributed by atoms with E-state index < -0.39 is 4.92 Å². The number of carbonyl (C=O) groups excluding carboxylic acids is 1. The lowest BCUT2D eigenvalue weighted by Crippen LogP contribution is -2.12. The Hall–Kier alpha value is -2.48. The number of nitrogens with one attached hydrogen (secondary N) is 2. The van der Waals surface area contributed by atoms with Gasteiger partial charge in [-0.25, -0.2) is 4.98 Å². The number of hydrogen-bond acceptors (Lipinski definition) is 6. The van der Waals surface area contributed by atoms with E-state index in [1.807, 2.05) is 12.3 Å². The summed E-state index contributed by atoms with van der Waals surface area (Å²) in [6.45, 7) is 1.83. The molecule has 0 spiro atoms. The minimum Gasteiger partial charge on any atom is -0.383 e. The zero-order valence-corrected chi connectivity index (χ0v) is 11.7. The van der Waals surface area contributed by atoms with Crippen LogP contribution in [0.2, 0.25) is 0 Å². The lowest BCUT2D eigenvalue weighted by molar-refractivity contribution is -0.383. The van der Waals surface area contributed by atoms with Crippen LogP contribution in [0.4, 0.5) is 16.5 Å². The van der Waals surface area contributed by atoms with E-state index in [4.69, 9.17) is 0 Å². The first-order chi connectivity index (χ1) is 9.51.